The van der Waals surface area contributed by atoms with E-state index in [1.165, 1.54) is 11.1 Å². The molecule has 0 bridgehead atoms. The number of hydrogen-bond donors (Lipinski definition) is 1. The summed E-state index contributed by atoms with van der Waals surface area (Å²) in [5.41, 5.74) is 2.49. The molecule has 1 aromatic heterocycles. The van der Waals surface area contributed by atoms with Gasteiger partial charge in [0, 0.05) is 4.47 Å². The Balaban J connectivity index is 2.34. The summed E-state index contributed by atoms with van der Waals surface area (Å²) < 4.78 is 7.75. The van der Waals surface area contributed by atoms with Crippen molar-refractivity contribution in [2.24, 2.45) is 0 Å². The largest absolute Gasteiger partial charge is 0.494 e. The Hall–Kier alpha value is -0.360. The average Bonchev–Trinajstić information content (AvgIpc) is 2.84. The molecule has 5 heteroatoms. The molecule has 20 heavy (non-hydrogen) atoms. The molecule has 0 aliphatic heterocycles. The van der Waals surface area contributed by atoms with E-state index in [0.29, 0.717) is 6.61 Å². The fourth-order valence-electron chi connectivity index (χ4n) is 2.08. The van der Waals surface area contributed by atoms with Crippen LogP contribution in [0.3, 0.4) is 0 Å². The van der Waals surface area contributed by atoms with Gasteiger partial charge in [-0.2, -0.15) is 0 Å². The molecule has 0 saturated heterocycles. The summed E-state index contributed by atoms with van der Waals surface area (Å²) in [6.45, 7) is 5.71. The van der Waals surface area contributed by atoms with Crippen molar-refractivity contribution in [3.05, 3.63) is 49.0 Å². The average molecular weight is 419 g/mol. The second-order valence-corrected chi connectivity index (χ2v) is 7.44. The molecule has 2 rings (SSSR count). The van der Waals surface area contributed by atoms with Gasteiger partial charge in [-0.15, -0.1) is 11.3 Å². The molecule has 1 heterocycles. The van der Waals surface area contributed by atoms with E-state index < -0.39 is 0 Å². The lowest BCUT2D eigenvalue weighted by Gasteiger charge is -2.19. The lowest BCUT2D eigenvalue weighted by atomic mass is 10.0. The first-order valence-corrected chi connectivity index (χ1v) is 9.01. The standard InChI is InChI=1S/C15H17Br2NOS/c1-3-18-15(10-7-14(17)20-9-10)12-6-5-11(19-4-2)8-13(12)16/h5-9,15,18H,3-4H2,1-2H3. The Morgan fingerprint density at radius 2 is 2.05 bits per heavy atom. The third-order valence-electron chi connectivity index (χ3n) is 2.92. The molecule has 1 aromatic carbocycles. The van der Waals surface area contributed by atoms with Crippen molar-refractivity contribution in [1.29, 1.82) is 0 Å². The van der Waals surface area contributed by atoms with E-state index in [2.05, 4.69) is 61.6 Å². The van der Waals surface area contributed by atoms with Crippen LogP contribution in [0.2, 0.25) is 0 Å². The van der Waals surface area contributed by atoms with Gasteiger partial charge in [0.05, 0.1) is 16.4 Å². The minimum absolute atomic E-state index is 0.188. The number of ether oxygens (including phenoxy) is 1. The second-order valence-electron chi connectivity index (χ2n) is 4.29. The summed E-state index contributed by atoms with van der Waals surface area (Å²) in [7, 11) is 0. The molecule has 1 unspecified atom stereocenters. The first kappa shape index (κ1) is 16.0. The van der Waals surface area contributed by atoms with Gasteiger partial charge in [0.25, 0.3) is 0 Å². The Kier molecular flexibility index (Phi) is 6.08. The molecule has 108 valence electrons. The number of benzene rings is 1. The first-order valence-electron chi connectivity index (χ1n) is 6.55. The highest BCUT2D eigenvalue weighted by atomic mass is 79.9. The van der Waals surface area contributed by atoms with Gasteiger partial charge in [0.1, 0.15) is 5.75 Å². The molecule has 2 nitrogen and oxygen atoms in total. The van der Waals surface area contributed by atoms with Crippen LogP contribution in [0.5, 0.6) is 5.75 Å². The Morgan fingerprint density at radius 3 is 2.60 bits per heavy atom. The molecule has 0 spiro atoms. The normalized spacial score (nSPS) is 12.4. The van der Waals surface area contributed by atoms with Crippen molar-refractivity contribution in [2.45, 2.75) is 19.9 Å². The van der Waals surface area contributed by atoms with Gasteiger partial charge < -0.3 is 10.1 Å². The van der Waals surface area contributed by atoms with E-state index in [-0.39, 0.29) is 6.04 Å². The molecule has 0 fully saturated rings. The minimum Gasteiger partial charge on any atom is -0.494 e. The van der Waals surface area contributed by atoms with Gasteiger partial charge >= 0.3 is 0 Å². The van der Waals surface area contributed by atoms with E-state index in [0.717, 1.165) is 20.6 Å². The third-order valence-corrected chi connectivity index (χ3v) is 5.13. The van der Waals surface area contributed by atoms with Crippen LogP contribution < -0.4 is 10.1 Å². The van der Waals surface area contributed by atoms with Gasteiger partial charge in [-0.3, -0.25) is 0 Å². The second kappa shape index (κ2) is 7.59. The van der Waals surface area contributed by atoms with Gasteiger partial charge in [0.2, 0.25) is 0 Å². The minimum atomic E-state index is 0.188. The maximum atomic E-state index is 5.54. The molecular weight excluding hydrogens is 402 g/mol. The van der Waals surface area contributed by atoms with Crippen LogP contribution >= 0.6 is 43.2 Å². The zero-order valence-corrected chi connectivity index (χ0v) is 15.4. The van der Waals surface area contributed by atoms with Crippen LogP contribution in [0, 0.1) is 0 Å². The maximum Gasteiger partial charge on any atom is 0.120 e. The highest BCUT2D eigenvalue weighted by molar-refractivity contribution is 9.11. The number of thiophene rings is 1. The van der Waals surface area contributed by atoms with Crippen LogP contribution in [-0.4, -0.2) is 13.2 Å². The summed E-state index contributed by atoms with van der Waals surface area (Å²) in [6, 6.07) is 8.53. The molecule has 1 atom stereocenters. The molecule has 2 aromatic rings. The van der Waals surface area contributed by atoms with E-state index in [4.69, 9.17) is 4.74 Å². The number of rotatable bonds is 6. The summed E-state index contributed by atoms with van der Waals surface area (Å²) >= 11 is 8.90. The molecule has 0 aliphatic rings. The molecule has 0 radical (unpaired) electrons. The van der Waals surface area contributed by atoms with Crippen LogP contribution in [0.4, 0.5) is 0 Å². The third kappa shape index (κ3) is 3.85. The number of halogens is 2. The lowest BCUT2D eigenvalue weighted by molar-refractivity contribution is 0.340. The van der Waals surface area contributed by atoms with E-state index in [1.807, 2.05) is 19.1 Å². The maximum absolute atomic E-state index is 5.54. The molecule has 0 aliphatic carbocycles. The van der Waals surface area contributed by atoms with Crippen molar-refractivity contribution in [2.75, 3.05) is 13.2 Å². The highest BCUT2D eigenvalue weighted by Gasteiger charge is 2.17. The SMILES string of the molecule is CCNC(c1csc(Br)c1)c1ccc(OCC)cc1Br. The van der Waals surface area contributed by atoms with Crippen molar-refractivity contribution >= 4 is 43.2 Å². The smallest absolute Gasteiger partial charge is 0.120 e. The topological polar surface area (TPSA) is 21.3 Å². The predicted molar refractivity (Wildman–Crippen MR) is 92.8 cm³/mol. The van der Waals surface area contributed by atoms with Crippen LogP contribution in [0.15, 0.2) is 37.9 Å². The molecule has 1 N–H and O–H groups in total. The lowest BCUT2D eigenvalue weighted by Crippen LogP contribution is -2.21. The van der Waals surface area contributed by atoms with Crippen LogP contribution in [0.25, 0.3) is 0 Å². The van der Waals surface area contributed by atoms with Crippen molar-refractivity contribution < 1.29 is 4.74 Å². The fourth-order valence-corrected chi connectivity index (χ4v) is 3.87. The summed E-state index contributed by atoms with van der Waals surface area (Å²) in [4.78, 5) is 0. The number of hydrogen-bond acceptors (Lipinski definition) is 3. The summed E-state index contributed by atoms with van der Waals surface area (Å²) in [5.74, 6) is 0.893. The Bertz CT molecular complexity index is 571. The highest BCUT2D eigenvalue weighted by Crippen LogP contribution is 2.34. The molecule has 0 amide bonds. The van der Waals surface area contributed by atoms with E-state index >= 15 is 0 Å². The predicted octanol–water partition coefficient (Wildman–Crippen LogP) is 5.37. The van der Waals surface area contributed by atoms with Gasteiger partial charge in [-0.25, -0.2) is 0 Å². The van der Waals surface area contributed by atoms with Crippen molar-refractivity contribution in [3.63, 3.8) is 0 Å². The Morgan fingerprint density at radius 1 is 1.25 bits per heavy atom. The quantitative estimate of drug-likeness (QED) is 0.680. The summed E-state index contributed by atoms with van der Waals surface area (Å²) in [5, 5.41) is 5.72. The van der Waals surface area contributed by atoms with Gasteiger partial charge in [-0.05, 0) is 64.1 Å². The zero-order chi connectivity index (χ0) is 14.5. The van der Waals surface area contributed by atoms with Crippen LogP contribution in [-0.2, 0) is 0 Å². The fraction of sp³-hybridized carbons (Fsp3) is 0.333. The van der Waals surface area contributed by atoms with Crippen molar-refractivity contribution in [3.8, 4) is 5.75 Å². The van der Waals surface area contributed by atoms with Crippen molar-refractivity contribution in [1.82, 2.24) is 5.32 Å². The zero-order valence-electron chi connectivity index (χ0n) is 11.5. The molecular formula is C15H17Br2NOS. The van der Waals surface area contributed by atoms with E-state index in [1.54, 1.807) is 11.3 Å². The number of nitrogens with one attached hydrogen (secondary N) is 1. The van der Waals surface area contributed by atoms with Crippen LogP contribution in [0.1, 0.15) is 31.0 Å². The monoisotopic (exact) mass is 417 g/mol. The molecule has 0 saturated carbocycles. The Labute approximate surface area is 140 Å². The van der Waals surface area contributed by atoms with Gasteiger partial charge in [-0.1, -0.05) is 28.9 Å². The first-order chi connectivity index (χ1) is 9.65. The van der Waals surface area contributed by atoms with E-state index in [9.17, 15) is 0 Å². The van der Waals surface area contributed by atoms with Gasteiger partial charge in [0.15, 0.2) is 0 Å². The summed E-state index contributed by atoms with van der Waals surface area (Å²) in [6.07, 6.45) is 0.